The summed E-state index contributed by atoms with van der Waals surface area (Å²) in [4.78, 5) is 10.9. The molecule has 0 aliphatic carbocycles. The fraction of sp³-hybridized carbons (Fsp3) is 0.625. The quantitative estimate of drug-likeness (QED) is 0.609. The molecule has 0 saturated carbocycles. The smallest absolute Gasteiger partial charge is 0.334 e. The summed E-state index contributed by atoms with van der Waals surface area (Å²) in [5.41, 5.74) is 0.701. The van der Waals surface area contributed by atoms with E-state index in [0.29, 0.717) is 5.57 Å². The van der Waals surface area contributed by atoms with E-state index in [4.69, 9.17) is 9.84 Å². The summed E-state index contributed by atoms with van der Waals surface area (Å²) in [6.45, 7) is 1.89. The van der Waals surface area contributed by atoms with Crippen LogP contribution < -0.4 is 0 Å². The van der Waals surface area contributed by atoms with E-state index in [1.165, 1.54) is 0 Å². The standard InChI is InChI=1S/C8H12O3/c1-2-3-6-4-7(5-9)11-8(6)10/h4,7,9H,2-3,5H2,1H3. The molecule has 1 rings (SSSR count). The van der Waals surface area contributed by atoms with Gasteiger partial charge in [-0.3, -0.25) is 0 Å². The van der Waals surface area contributed by atoms with Crippen molar-refractivity contribution in [2.45, 2.75) is 25.9 Å². The van der Waals surface area contributed by atoms with E-state index in [9.17, 15) is 4.79 Å². The second-order valence-corrected chi connectivity index (χ2v) is 2.57. The first-order valence-corrected chi connectivity index (χ1v) is 3.80. The molecule has 0 radical (unpaired) electrons. The second-order valence-electron chi connectivity index (χ2n) is 2.57. The largest absolute Gasteiger partial charge is 0.452 e. The van der Waals surface area contributed by atoms with Crippen LogP contribution in [0.25, 0.3) is 0 Å². The van der Waals surface area contributed by atoms with Gasteiger partial charge in [0.1, 0.15) is 6.10 Å². The zero-order valence-electron chi connectivity index (χ0n) is 6.54. The monoisotopic (exact) mass is 156 g/mol. The number of hydrogen-bond donors (Lipinski definition) is 1. The maximum atomic E-state index is 10.9. The van der Waals surface area contributed by atoms with Crippen molar-refractivity contribution in [3.05, 3.63) is 11.6 Å². The van der Waals surface area contributed by atoms with Crippen LogP contribution in [-0.4, -0.2) is 23.8 Å². The minimum absolute atomic E-state index is 0.112. The van der Waals surface area contributed by atoms with Gasteiger partial charge in [-0.15, -0.1) is 0 Å². The normalized spacial score (nSPS) is 23.3. The lowest BCUT2D eigenvalue weighted by molar-refractivity contribution is -0.141. The predicted octanol–water partition coefficient (Wildman–Crippen LogP) is 0.631. The Morgan fingerprint density at radius 3 is 2.91 bits per heavy atom. The van der Waals surface area contributed by atoms with Crippen LogP contribution in [0.3, 0.4) is 0 Å². The zero-order valence-corrected chi connectivity index (χ0v) is 6.54. The Labute approximate surface area is 65.7 Å². The summed E-state index contributed by atoms with van der Waals surface area (Å²) >= 11 is 0. The molecule has 3 heteroatoms. The molecule has 62 valence electrons. The van der Waals surface area contributed by atoms with Gasteiger partial charge in [0.25, 0.3) is 0 Å². The molecule has 11 heavy (non-hydrogen) atoms. The third kappa shape index (κ3) is 1.80. The van der Waals surface area contributed by atoms with Crippen LogP contribution in [-0.2, 0) is 9.53 Å². The Morgan fingerprint density at radius 1 is 1.73 bits per heavy atom. The van der Waals surface area contributed by atoms with Crippen LogP contribution in [0.1, 0.15) is 19.8 Å². The molecular weight excluding hydrogens is 144 g/mol. The van der Waals surface area contributed by atoms with Crippen molar-refractivity contribution in [1.82, 2.24) is 0 Å². The zero-order chi connectivity index (χ0) is 8.27. The van der Waals surface area contributed by atoms with E-state index in [1.54, 1.807) is 6.08 Å². The van der Waals surface area contributed by atoms with Crippen molar-refractivity contribution in [3.8, 4) is 0 Å². The minimum Gasteiger partial charge on any atom is -0.452 e. The molecule has 0 saturated heterocycles. The first-order valence-electron chi connectivity index (χ1n) is 3.80. The molecule has 0 aromatic carbocycles. The molecule has 1 N–H and O–H groups in total. The number of carbonyl (C=O) groups is 1. The van der Waals surface area contributed by atoms with Crippen molar-refractivity contribution in [3.63, 3.8) is 0 Å². The van der Waals surface area contributed by atoms with Gasteiger partial charge in [0.15, 0.2) is 0 Å². The average Bonchev–Trinajstić information content (AvgIpc) is 2.33. The highest BCUT2D eigenvalue weighted by Crippen LogP contribution is 2.17. The summed E-state index contributed by atoms with van der Waals surface area (Å²) in [7, 11) is 0. The van der Waals surface area contributed by atoms with E-state index >= 15 is 0 Å². The number of esters is 1. The Morgan fingerprint density at radius 2 is 2.45 bits per heavy atom. The molecule has 3 nitrogen and oxygen atoms in total. The van der Waals surface area contributed by atoms with E-state index < -0.39 is 6.10 Å². The van der Waals surface area contributed by atoms with Crippen molar-refractivity contribution in [2.75, 3.05) is 6.61 Å². The maximum Gasteiger partial charge on any atom is 0.334 e. The van der Waals surface area contributed by atoms with E-state index in [1.807, 2.05) is 6.92 Å². The van der Waals surface area contributed by atoms with Crippen LogP contribution in [0.4, 0.5) is 0 Å². The van der Waals surface area contributed by atoms with Crippen molar-refractivity contribution < 1.29 is 14.6 Å². The number of ether oxygens (including phenoxy) is 1. The van der Waals surface area contributed by atoms with E-state index in [2.05, 4.69) is 0 Å². The topological polar surface area (TPSA) is 46.5 Å². The number of aliphatic hydroxyl groups is 1. The Kier molecular flexibility index (Phi) is 2.65. The maximum absolute atomic E-state index is 10.9. The Balaban J connectivity index is 2.55. The Hall–Kier alpha value is -0.830. The molecule has 0 bridgehead atoms. The van der Waals surface area contributed by atoms with Gasteiger partial charge >= 0.3 is 5.97 Å². The summed E-state index contributed by atoms with van der Waals surface area (Å²) in [5, 5.41) is 8.65. The molecule has 0 amide bonds. The van der Waals surface area contributed by atoms with Gasteiger partial charge in [0, 0.05) is 5.57 Å². The highest BCUT2D eigenvalue weighted by atomic mass is 16.6. The van der Waals surface area contributed by atoms with Crippen LogP contribution in [0, 0.1) is 0 Å². The van der Waals surface area contributed by atoms with Gasteiger partial charge in [-0.05, 0) is 12.5 Å². The van der Waals surface area contributed by atoms with Crippen LogP contribution in [0.15, 0.2) is 11.6 Å². The fourth-order valence-corrected chi connectivity index (χ4v) is 1.08. The molecule has 0 aromatic rings. The van der Waals surface area contributed by atoms with Gasteiger partial charge in [0.05, 0.1) is 6.61 Å². The molecule has 0 spiro atoms. The molecule has 1 heterocycles. The van der Waals surface area contributed by atoms with Crippen molar-refractivity contribution in [2.24, 2.45) is 0 Å². The number of hydrogen-bond acceptors (Lipinski definition) is 3. The summed E-state index contributed by atoms with van der Waals surface area (Å²) < 4.78 is 4.79. The molecule has 1 aliphatic heterocycles. The number of aliphatic hydroxyl groups excluding tert-OH is 1. The first kappa shape index (κ1) is 8.27. The van der Waals surface area contributed by atoms with Gasteiger partial charge in [0.2, 0.25) is 0 Å². The average molecular weight is 156 g/mol. The number of carbonyl (C=O) groups excluding carboxylic acids is 1. The molecule has 0 fully saturated rings. The van der Waals surface area contributed by atoms with Gasteiger partial charge < -0.3 is 9.84 Å². The van der Waals surface area contributed by atoms with Crippen LogP contribution in [0.2, 0.25) is 0 Å². The third-order valence-corrected chi connectivity index (χ3v) is 1.61. The van der Waals surface area contributed by atoms with Gasteiger partial charge in [-0.2, -0.15) is 0 Å². The molecule has 0 aromatic heterocycles. The van der Waals surface area contributed by atoms with E-state index in [-0.39, 0.29) is 12.6 Å². The van der Waals surface area contributed by atoms with Crippen LogP contribution in [0.5, 0.6) is 0 Å². The van der Waals surface area contributed by atoms with Crippen molar-refractivity contribution >= 4 is 5.97 Å². The second kappa shape index (κ2) is 3.53. The molecular formula is C8H12O3. The molecule has 1 unspecified atom stereocenters. The van der Waals surface area contributed by atoms with Crippen LogP contribution >= 0.6 is 0 Å². The highest BCUT2D eigenvalue weighted by Gasteiger charge is 2.23. The van der Waals surface area contributed by atoms with Gasteiger partial charge in [-0.25, -0.2) is 4.79 Å². The number of cyclic esters (lactones) is 1. The van der Waals surface area contributed by atoms with E-state index in [0.717, 1.165) is 12.8 Å². The lowest BCUT2D eigenvalue weighted by Gasteiger charge is -2.01. The summed E-state index contributed by atoms with van der Waals surface area (Å²) in [6, 6.07) is 0. The minimum atomic E-state index is -0.399. The highest BCUT2D eigenvalue weighted by molar-refractivity contribution is 5.90. The summed E-state index contributed by atoms with van der Waals surface area (Å²) in [5.74, 6) is -0.272. The molecule has 1 aliphatic rings. The Bertz CT molecular complexity index is 184. The third-order valence-electron chi connectivity index (χ3n) is 1.61. The molecule has 1 atom stereocenters. The fourth-order valence-electron chi connectivity index (χ4n) is 1.08. The predicted molar refractivity (Wildman–Crippen MR) is 40.0 cm³/mol. The first-order chi connectivity index (χ1) is 5.27. The number of rotatable bonds is 3. The van der Waals surface area contributed by atoms with Gasteiger partial charge in [-0.1, -0.05) is 13.3 Å². The lowest BCUT2D eigenvalue weighted by Crippen LogP contribution is -2.12. The summed E-state index contributed by atoms with van der Waals surface area (Å²) in [6.07, 6.45) is 2.98. The van der Waals surface area contributed by atoms with Crippen molar-refractivity contribution in [1.29, 1.82) is 0 Å². The lowest BCUT2D eigenvalue weighted by atomic mass is 10.1. The SMILES string of the molecule is CCCC1=CC(CO)OC1=O.